The fourth-order valence-electron chi connectivity index (χ4n) is 2.31. The van der Waals surface area contributed by atoms with Crippen molar-refractivity contribution < 1.29 is 14.0 Å². The van der Waals surface area contributed by atoms with Crippen molar-refractivity contribution in [1.82, 2.24) is 0 Å². The maximum absolute atomic E-state index is 12.0. The third-order valence-electron chi connectivity index (χ3n) is 3.38. The smallest absolute Gasteiger partial charge is 0.317 e. The first-order valence-corrected chi connectivity index (χ1v) is 10.7. The minimum absolute atomic E-state index is 0.284. The van der Waals surface area contributed by atoms with Gasteiger partial charge in [0.2, 0.25) is 0 Å². The number of methoxy groups -OCH3 is 1. The van der Waals surface area contributed by atoms with Crippen LogP contribution in [0.5, 0.6) is 5.75 Å². The van der Waals surface area contributed by atoms with E-state index < -0.39 is 8.32 Å². The van der Waals surface area contributed by atoms with Crippen molar-refractivity contribution in [2.45, 2.75) is 19.1 Å². The number of hydrogen-bond donors (Lipinski definition) is 0. The average molecular weight is 326 g/mol. The van der Waals surface area contributed by atoms with Crippen molar-refractivity contribution >= 4 is 20.4 Å². The molecule has 0 N–H and O–H groups in total. The first-order chi connectivity index (χ1) is 11.0. The van der Waals surface area contributed by atoms with E-state index in [9.17, 15) is 4.79 Å². The highest BCUT2D eigenvalue weighted by Crippen LogP contribution is 2.15. The molecule has 0 saturated carbocycles. The van der Waals surface area contributed by atoms with Crippen molar-refractivity contribution in [3.63, 3.8) is 0 Å². The molecule has 0 radical (unpaired) electrons. The van der Waals surface area contributed by atoms with E-state index in [2.05, 4.69) is 25.2 Å². The van der Waals surface area contributed by atoms with E-state index in [-0.39, 0.29) is 5.97 Å². The molecule has 0 aliphatic rings. The highest BCUT2D eigenvalue weighted by atomic mass is 28.4. The van der Waals surface area contributed by atoms with Gasteiger partial charge in [-0.05, 0) is 42.4 Å². The van der Waals surface area contributed by atoms with Crippen molar-refractivity contribution in [2.24, 2.45) is 0 Å². The van der Waals surface area contributed by atoms with E-state index in [1.807, 2.05) is 42.5 Å². The number of benzene rings is 2. The lowest BCUT2D eigenvalue weighted by Crippen LogP contribution is -2.35. The Bertz CT molecular complexity index is 661. The van der Waals surface area contributed by atoms with Crippen LogP contribution in [0.25, 0.3) is 6.08 Å². The lowest BCUT2D eigenvalue weighted by Gasteiger charge is -2.21. The van der Waals surface area contributed by atoms with Crippen molar-refractivity contribution in [3.8, 4) is 5.75 Å². The largest absolute Gasteiger partial charge is 0.516 e. The van der Waals surface area contributed by atoms with Crippen LogP contribution in [-0.2, 0) is 15.3 Å². The zero-order valence-electron chi connectivity index (χ0n) is 13.8. The van der Waals surface area contributed by atoms with Gasteiger partial charge in [-0.25, -0.2) is 4.79 Å². The molecule has 0 spiro atoms. The summed E-state index contributed by atoms with van der Waals surface area (Å²) in [4.78, 5) is 12.0. The molecule has 0 aliphatic carbocycles. The molecule has 2 rings (SSSR count). The Kier molecular flexibility index (Phi) is 5.76. The molecule has 0 atom stereocenters. The van der Waals surface area contributed by atoms with Crippen LogP contribution in [-0.4, -0.2) is 21.4 Å². The summed E-state index contributed by atoms with van der Waals surface area (Å²) in [6.45, 7) is 4.11. The number of hydrogen-bond acceptors (Lipinski definition) is 3. The Labute approximate surface area is 138 Å². The zero-order valence-corrected chi connectivity index (χ0v) is 14.8. The van der Waals surface area contributed by atoms with Crippen LogP contribution in [0, 0.1) is 0 Å². The Balaban J connectivity index is 1.93. The molecule has 0 fully saturated rings. The van der Waals surface area contributed by atoms with Crippen molar-refractivity contribution in [3.05, 3.63) is 71.8 Å². The quantitative estimate of drug-likeness (QED) is 0.588. The SMILES string of the molecule is COc1ccc(/C=C/C(=O)O[Si](C)(C)Cc2ccccc2)cc1. The molecule has 2 aromatic carbocycles. The minimum atomic E-state index is -2.08. The number of rotatable bonds is 6. The van der Waals surface area contributed by atoms with Gasteiger partial charge in [-0.3, -0.25) is 0 Å². The average Bonchev–Trinajstić information content (AvgIpc) is 2.53. The third-order valence-corrected chi connectivity index (χ3v) is 5.39. The van der Waals surface area contributed by atoms with Crippen LogP contribution in [0.3, 0.4) is 0 Å². The maximum Gasteiger partial charge on any atom is 0.317 e. The van der Waals surface area contributed by atoms with Gasteiger partial charge < -0.3 is 9.16 Å². The fourth-order valence-corrected chi connectivity index (χ4v) is 4.21. The summed E-state index contributed by atoms with van der Waals surface area (Å²) in [6.07, 6.45) is 3.25. The molecular weight excluding hydrogens is 304 g/mol. The zero-order chi connectivity index (χ0) is 16.7. The molecule has 0 saturated heterocycles. The van der Waals surface area contributed by atoms with Gasteiger partial charge in [0.05, 0.1) is 7.11 Å². The lowest BCUT2D eigenvalue weighted by molar-refractivity contribution is -0.129. The number of carbonyl (C=O) groups excluding carboxylic acids is 1. The Hall–Kier alpha value is -2.33. The van der Waals surface area contributed by atoms with Gasteiger partial charge >= 0.3 is 5.97 Å². The van der Waals surface area contributed by atoms with Gasteiger partial charge in [0.15, 0.2) is 0 Å². The van der Waals surface area contributed by atoms with Crippen molar-refractivity contribution in [1.29, 1.82) is 0 Å². The van der Waals surface area contributed by atoms with Crippen LogP contribution in [0.15, 0.2) is 60.7 Å². The monoisotopic (exact) mass is 326 g/mol. The van der Waals surface area contributed by atoms with Gasteiger partial charge in [0.1, 0.15) is 5.75 Å². The fraction of sp³-hybridized carbons (Fsp3) is 0.211. The predicted octanol–water partition coefficient (Wildman–Crippen LogP) is 4.24. The Morgan fingerprint density at radius 2 is 1.70 bits per heavy atom. The van der Waals surface area contributed by atoms with Gasteiger partial charge in [0, 0.05) is 12.1 Å². The second-order valence-corrected chi connectivity index (χ2v) is 10.0. The second-order valence-electron chi connectivity index (χ2n) is 5.95. The summed E-state index contributed by atoms with van der Waals surface area (Å²) < 4.78 is 10.8. The van der Waals surface area contributed by atoms with Gasteiger partial charge in [-0.2, -0.15) is 0 Å². The summed E-state index contributed by atoms with van der Waals surface area (Å²) in [7, 11) is -0.454. The van der Waals surface area contributed by atoms with Crippen LogP contribution in [0.4, 0.5) is 0 Å². The standard InChI is InChI=1S/C19H22O3Si/c1-21-18-12-9-16(10-13-18)11-14-19(20)22-23(2,3)15-17-7-5-4-6-8-17/h4-14H,15H2,1-3H3/b14-11+. The molecule has 23 heavy (non-hydrogen) atoms. The van der Waals surface area contributed by atoms with Gasteiger partial charge in [-0.15, -0.1) is 0 Å². The first-order valence-electron chi connectivity index (χ1n) is 7.57. The summed E-state index contributed by atoms with van der Waals surface area (Å²) in [5.41, 5.74) is 2.14. The van der Waals surface area contributed by atoms with Crippen LogP contribution >= 0.6 is 0 Å². The van der Waals surface area contributed by atoms with Crippen LogP contribution in [0.1, 0.15) is 11.1 Å². The molecule has 0 heterocycles. The van der Waals surface area contributed by atoms with E-state index in [1.165, 1.54) is 11.6 Å². The van der Waals surface area contributed by atoms with E-state index in [4.69, 9.17) is 9.16 Å². The molecule has 120 valence electrons. The topological polar surface area (TPSA) is 35.5 Å². The molecule has 3 nitrogen and oxygen atoms in total. The van der Waals surface area contributed by atoms with Crippen LogP contribution in [0.2, 0.25) is 13.1 Å². The van der Waals surface area contributed by atoms with E-state index >= 15 is 0 Å². The Morgan fingerprint density at radius 3 is 2.30 bits per heavy atom. The maximum atomic E-state index is 12.0. The van der Waals surface area contributed by atoms with E-state index in [0.717, 1.165) is 17.4 Å². The minimum Gasteiger partial charge on any atom is -0.516 e. The van der Waals surface area contributed by atoms with Gasteiger partial charge in [-0.1, -0.05) is 42.5 Å². The highest BCUT2D eigenvalue weighted by Gasteiger charge is 2.26. The molecular formula is C19H22O3Si. The van der Waals surface area contributed by atoms with E-state index in [0.29, 0.717) is 0 Å². The molecule has 4 heteroatoms. The first kappa shape index (κ1) is 17.0. The third kappa shape index (κ3) is 5.75. The van der Waals surface area contributed by atoms with E-state index in [1.54, 1.807) is 13.2 Å². The van der Waals surface area contributed by atoms with Gasteiger partial charge in [0.25, 0.3) is 8.32 Å². The summed E-state index contributed by atoms with van der Waals surface area (Å²) >= 11 is 0. The number of ether oxygens (including phenoxy) is 1. The molecule has 0 aliphatic heterocycles. The summed E-state index contributed by atoms with van der Waals surface area (Å²) in [5, 5.41) is 0. The Morgan fingerprint density at radius 1 is 1.04 bits per heavy atom. The predicted molar refractivity (Wildman–Crippen MR) is 95.7 cm³/mol. The number of carbonyl (C=O) groups is 1. The highest BCUT2D eigenvalue weighted by molar-refractivity contribution is 6.72. The molecule has 0 aromatic heterocycles. The summed E-state index contributed by atoms with van der Waals surface area (Å²) in [6, 6.07) is 18.5. The summed E-state index contributed by atoms with van der Waals surface area (Å²) in [5.74, 6) is 0.509. The lowest BCUT2D eigenvalue weighted by atomic mass is 10.2. The molecule has 0 bridgehead atoms. The second kappa shape index (κ2) is 7.79. The molecule has 2 aromatic rings. The molecule has 0 unspecified atom stereocenters. The van der Waals surface area contributed by atoms with Crippen molar-refractivity contribution in [2.75, 3.05) is 7.11 Å². The van der Waals surface area contributed by atoms with Crippen LogP contribution < -0.4 is 4.74 Å². The molecule has 0 amide bonds. The normalized spacial score (nSPS) is 11.4.